The molecule has 0 bridgehead atoms. The third-order valence-electron chi connectivity index (χ3n) is 12.3. The maximum atomic E-state index is 5.60. The third kappa shape index (κ3) is 4.34. The monoisotopic (exact) mass is 713 g/mol. The van der Waals surface area contributed by atoms with Gasteiger partial charge < -0.3 is 0 Å². The molecule has 0 atom stereocenters. The zero-order valence-corrected chi connectivity index (χ0v) is 31.1. The van der Waals surface area contributed by atoms with Crippen LogP contribution in [0.25, 0.3) is 104 Å². The Morgan fingerprint density at radius 3 is 1.95 bits per heavy atom. The van der Waals surface area contributed by atoms with Crippen molar-refractivity contribution in [1.82, 2.24) is 14.5 Å². The van der Waals surface area contributed by atoms with Crippen molar-refractivity contribution in [1.29, 1.82) is 0 Å². The van der Waals surface area contributed by atoms with Crippen LogP contribution >= 0.6 is 0 Å². The average Bonchev–Trinajstić information content (AvgIpc) is 3.70. The zero-order valence-electron chi connectivity index (χ0n) is 31.1. The molecule has 0 aliphatic heterocycles. The smallest absolute Gasteiger partial charge is 0.235 e. The lowest BCUT2D eigenvalue weighted by molar-refractivity contribution is 0.660. The topological polar surface area (TPSA) is 30.7 Å². The van der Waals surface area contributed by atoms with Crippen molar-refractivity contribution < 1.29 is 0 Å². The van der Waals surface area contributed by atoms with Gasteiger partial charge in [0.05, 0.1) is 22.2 Å². The first-order valence-corrected chi connectivity index (χ1v) is 19.4. The summed E-state index contributed by atoms with van der Waals surface area (Å²) in [5, 5.41) is 10.6. The van der Waals surface area contributed by atoms with Crippen molar-refractivity contribution in [2.45, 2.75) is 19.3 Å². The highest BCUT2D eigenvalue weighted by Gasteiger charge is 2.35. The van der Waals surface area contributed by atoms with Crippen LogP contribution < -0.4 is 0 Å². The van der Waals surface area contributed by atoms with Gasteiger partial charge in [0, 0.05) is 38.1 Å². The minimum absolute atomic E-state index is 0.134. The molecule has 56 heavy (non-hydrogen) atoms. The first-order valence-electron chi connectivity index (χ1n) is 19.4. The first-order chi connectivity index (χ1) is 27.5. The largest absolute Gasteiger partial charge is 0.277 e. The minimum atomic E-state index is -0.134. The summed E-state index contributed by atoms with van der Waals surface area (Å²) in [6.07, 6.45) is 0. The van der Waals surface area contributed by atoms with Gasteiger partial charge >= 0.3 is 0 Å². The highest BCUT2D eigenvalue weighted by molar-refractivity contribution is 6.25. The molecule has 0 fully saturated rings. The standard InChI is InChI=1S/C53H35N3/c1-53(2)45-21-11-9-19-40(45)41-27-26-36(31-46(41)53)48-38-17-7-6-16-35(38)30-44-42-28-25-33-14-5-8-18-39(33)50(42)56(51(44)48)52-54-47-22-12-10-20-43(47)49(55-52)37-24-23-32-13-3-4-15-34(32)29-37/h3-31H,1-2H3. The van der Waals surface area contributed by atoms with Crippen molar-refractivity contribution >= 4 is 65.0 Å². The molecule has 0 saturated heterocycles. The van der Waals surface area contributed by atoms with E-state index >= 15 is 0 Å². The predicted molar refractivity (Wildman–Crippen MR) is 235 cm³/mol. The van der Waals surface area contributed by atoms with Crippen LogP contribution in [0.2, 0.25) is 0 Å². The quantitative estimate of drug-likeness (QED) is 0.182. The number of aromatic nitrogens is 3. The van der Waals surface area contributed by atoms with Crippen molar-refractivity contribution in [2.24, 2.45) is 0 Å². The van der Waals surface area contributed by atoms with Crippen LogP contribution in [0.3, 0.4) is 0 Å². The van der Waals surface area contributed by atoms with Gasteiger partial charge in [0.15, 0.2) is 0 Å². The Bertz CT molecular complexity index is 3460. The van der Waals surface area contributed by atoms with Gasteiger partial charge in [-0.05, 0) is 79.0 Å². The number of para-hydroxylation sites is 1. The van der Waals surface area contributed by atoms with Crippen LogP contribution in [-0.2, 0) is 5.41 Å². The van der Waals surface area contributed by atoms with E-state index in [1.54, 1.807) is 0 Å². The number of benzene rings is 9. The number of fused-ring (bicyclic) bond motifs is 11. The Morgan fingerprint density at radius 1 is 0.411 bits per heavy atom. The molecular formula is C53H35N3. The van der Waals surface area contributed by atoms with Gasteiger partial charge in [-0.1, -0.05) is 166 Å². The summed E-state index contributed by atoms with van der Waals surface area (Å²) in [6.45, 7) is 4.72. The summed E-state index contributed by atoms with van der Waals surface area (Å²) in [4.78, 5) is 11.1. The van der Waals surface area contributed by atoms with E-state index in [0.717, 1.165) is 33.2 Å². The van der Waals surface area contributed by atoms with E-state index in [4.69, 9.17) is 9.97 Å². The first kappa shape index (κ1) is 31.3. The van der Waals surface area contributed by atoms with Gasteiger partial charge in [-0.2, -0.15) is 0 Å². The number of hydrogen-bond donors (Lipinski definition) is 0. The fourth-order valence-electron chi connectivity index (χ4n) is 9.67. The molecule has 11 aromatic rings. The second-order valence-corrected chi connectivity index (χ2v) is 15.8. The Morgan fingerprint density at radius 2 is 1.07 bits per heavy atom. The maximum Gasteiger partial charge on any atom is 0.235 e. The molecule has 262 valence electrons. The molecule has 3 heteroatoms. The SMILES string of the molecule is CC1(C)c2ccccc2-c2ccc(-c3c4ccccc4cc4c5ccc6ccccc6c5n(-c5nc(-c6ccc7ccccc7c6)c6ccccc6n5)c34)cc21. The fourth-order valence-corrected chi connectivity index (χ4v) is 9.67. The lowest BCUT2D eigenvalue weighted by atomic mass is 9.81. The van der Waals surface area contributed by atoms with Gasteiger partial charge in [0.1, 0.15) is 0 Å². The summed E-state index contributed by atoms with van der Waals surface area (Å²) in [5.74, 6) is 0.661. The number of hydrogen-bond acceptors (Lipinski definition) is 2. The van der Waals surface area contributed by atoms with Crippen LogP contribution in [0.15, 0.2) is 176 Å². The van der Waals surface area contributed by atoms with Crippen LogP contribution in [0.5, 0.6) is 0 Å². The fraction of sp³-hybridized carbons (Fsp3) is 0.0566. The molecule has 0 radical (unpaired) electrons. The summed E-state index contributed by atoms with van der Waals surface area (Å²) in [7, 11) is 0. The molecule has 0 spiro atoms. The van der Waals surface area contributed by atoms with Crippen molar-refractivity contribution in [3.05, 3.63) is 187 Å². The van der Waals surface area contributed by atoms with Crippen LogP contribution in [0.1, 0.15) is 25.0 Å². The summed E-state index contributed by atoms with van der Waals surface area (Å²) in [6, 6.07) is 64.1. The molecule has 1 aliphatic carbocycles. The molecular weight excluding hydrogens is 679 g/mol. The van der Waals surface area contributed by atoms with E-state index in [9.17, 15) is 0 Å². The van der Waals surface area contributed by atoms with E-state index in [-0.39, 0.29) is 5.41 Å². The molecule has 12 rings (SSSR count). The summed E-state index contributed by atoms with van der Waals surface area (Å²) in [5.41, 5.74) is 12.8. The lowest BCUT2D eigenvalue weighted by Crippen LogP contribution is -2.14. The van der Waals surface area contributed by atoms with Crippen molar-refractivity contribution in [2.75, 3.05) is 0 Å². The van der Waals surface area contributed by atoms with E-state index < -0.39 is 0 Å². The molecule has 0 amide bonds. The van der Waals surface area contributed by atoms with Crippen LogP contribution in [0, 0.1) is 0 Å². The zero-order chi connectivity index (χ0) is 37.1. The van der Waals surface area contributed by atoms with E-state index in [0.29, 0.717) is 5.95 Å². The van der Waals surface area contributed by atoms with Gasteiger partial charge in [0.25, 0.3) is 0 Å². The molecule has 0 unspecified atom stereocenters. The highest BCUT2D eigenvalue weighted by Crippen LogP contribution is 2.51. The second kappa shape index (κ2) is 11.5. The number of nitrogens with zero attached hydrogens (tertiary/aromatic N) is 3. The summed E-state index contributed by atoms with van der Waals surface area (Å²) >= 11 is 0. The van der Waals surface area contributed by atoms with Crippen molar-refractivity contribution in [3.8, 4) is 39.5 Å². The minimum Gasteiger partial charge on any atom is -0.277 e. The maximum absolute atomic E-state index is 5.60. The highest BCUT2D eigenvalue weighted by atomic mass is 15.2. The Balaban J connectivity index is 1.25. The predicted octanol–water partition coefficient (Wildman–Crippen LogP) is 13.8. The van der Waals surface area contributed by atoms with Gasteiger partial charge in [-0.15, -0.1) is 0 Å². The molecule has 1 aliphatic rings. The van der Waals surface area contributed by atoms with E-state index in [1.165, 1.54) is 76.5 Å². The Labute approximate surface area is 324 Å². The molecule has 3 nitrogen and oxygen atoms in total. The normalized spacial score (nSPS) is 13.3. The second-order valence-electron chi connectivity index (χ2n) is 15.8. The van der Waals surface area contributed by atoms with Crippen LogP contribution in [0.4, 0.5) is 0 Å². The Hall–Kier alpha value is -7.10. The molecule has 2 aromatic heterocycles. The molecule has 0 saturated carbocycles. The van der Waals surface area contributed by atoms with Crippen LogP contribution in [-0.4, -0.2) is 14.5 Å². The van der Waals surface area contributed by atoms with Gasteiger partial charge in [-0.25, -0.2) is 9.97 Å². The van der Waals surface area contributed by atoms with E-state index in [2.05, 4.69) is 194 Å². The number of rotatable bonds is 3. The lowest BCUT2D eigenvalue weighted by Gasteiger charge is -2.22. The third-order valence-corrected chi connectivity index (χ3v) is 12.3. The molecule has 9 aromatic carbocycles. The van der Waals surface area contributed by atoms with E-state index in [1.807, 2.05) is 0 Å². The molecule has 2 heterocycles. The Kier molecular flexibility index (Phi) is 6.40. The average molecular weight is 714 g/mol. The van der Waals surface area contributed by atoms with Crippen molar-refractivity contribution in [3.63, 3.8) is 0 Å². The summed E-state index contributed by atoms with van der Waals surface area (Å²) < 4.78 is 2.37. The molecule has 0 N–H and O–H groups in total. The van der Waals surface area contributed by atoms with Gasteiger partial charge in [0.2, 0.25) is 5.95 Å². The van der Waals surface area contributed by atoms with Gasteiger partial charge in [-0.3, -0.25) is 4.57 Å².